The highest BCUT2D eigenvalue weighted by Crippen LogP contribution is 2.26. The number of amides is 1. The molecule has 0 atom stereocenters. The average molecular weight is 368 g/mol. The summed E-state index contributed by atoms with van der Waals surface area (Å²) in [6, 6.07) is 15.4. The molecule has 0 aliphatic rings. The van der Waals surface area contributed by atoms with Crippen LogP contribution in [0.3, 0.4) is 0 Å². The number of nitrogens with one attached hydrogen (secondary N) is 1. The molecule has 1 amide bonds. The summed E-state index contributed by atoms with van der Waals surface area (Å²) >= 11 is 0. The number of carbonyl (C=O) groups excluding carboxylic acids is 1. The summed E-state index contributed by atoms with van der Waals surface area (Å²) in [7, 11) is 1.54. The number of methoxy groups -OCH3 is 1. The zero-order valence-corrected chi connectivity index (χ0v) is 14.9. The van der Waals surface area contributed by atoms with Crippen molar-refractivity contribution in [1.29, 1.82) is 5.26 Å². The van der Waals surface area contributed by atoms with Crippen LogP contribution in [0.15, 0.2) is 48.5 Å². The van der Waals surface area contributed by atoms with Crippen molar-refractivity contribution in [1.82, 2.24) is 4.90 Å². The van der Waals surface area contributed by atoms with E-state index in [1.165, 1.54) is 30.2 Å². The molecule has 0 spiro atoms. The fourth-order valence-corrected chi connectivity index (χ4v) is 2.52. The highest BCUT2D eigenvalue weighted by Gasteiger charge is 2.21. The third kappa shape index (κ3) is 5.52. The Morgan fingerprint density at radius 2 is 2.04 bits per heavy atom. The highest BCUT2D eigenvalue weighted by molar-refractivity contribution is 5.96. The van der Waals surface area contributed by atoms with E-state index in [1.54, 1.807) is 0 Å². The molecule has 0 aromatic heterocycles. The van der Waals surface area contributed by atoms with Crippen molar-refractivity contribution >= 4 is 17.3 Å². The summed E-state index contributed by atoms with van der Waals surface area (Å²) in [5.41, 5.74) is 1.13. The zero-order chi connectivity index (χ0) is 19.6. The summed E-state index contributed by atoms with van der Waals surface area (Å²) in [6.07, 6.45) is 0. The van der Waals surface area contributed by atoms with Gasteiger partial charge in [-0.25, -0.2) is 0 Å². The van der Waals surface area contributed by atoms with Crippen LogP contribution in [0.4, 0.5) is 11.4 Å². The number of benzene rings is 2. The van der Waals surface area contributed by atoms with E-state index < -0.39 is 10.8 Å². The Labute approximate surface area is 157 Å². The fraction of sp³-hybridized carbons (Fsp3) is 0.263. The predicted octanol–water partition coefficient (Wildman–Crippen LogP) is 2.82. The minimum atomic E-state index is -0.544. The van der Waals surface area contributed by atoms with Gasteiger partial charge < -0.3 is 15.0 Å². The summed E-state index contributed by atoms with van der Waals surface area (Å²) < 4.78 is 4.92. The number of nitro groups is 1. The number of nitrogens with zero attached hydrogens (tertiary/aromatic N) is 3. The van der Waals surface area contributed by atoms with Gasteiger partial charge in [-0.1, -0.05) is 30.3 Å². The number of ether oxygens (including phenoxy) is 1. The summed E-state index contributed by atoms with van der Waals surface area (Å²) in [4.78, 5) is 25.0. The van der Waals surface area contributed by atoms with E-state index in [0.29, 0.717) is 18.8 Å². The Morgan fingerprint density at radius 1 is 1.30 bits per heavy atom. The van der Waals surface area contributed by atoms with E-state index in [1.807, 2.05) is 36.4 Å². The monoisotopic (exact) mass is 368 g/mol. The number of anilines is 1. The molecule has 0 aliphatic carbocycles. The van der Waals surface area contributed by atoms with Crippen molar-refractivity contribution in [2.75, 3.05) is 32.1 Å². The molecule has 0 radical (unpaired) electrons. The number of nitriles is 1. The topological polar surface area (TPSA) is 108 Å². The molecule has 27 heavy (non-hydrogen) atoms. The summed E-state index contributed by atoms with van der Waals surface area (Å²) in [5, 5.41) is 23.3. The first kappa shape index (κ1) is 19.9. The molecular weight excluding hydrogens is 348 g/mol. The van der Waals surface area contributed by atoms with Gasteiger partial charge in [-0.2, -0.15) is 5.26 Å². The van der Waals surface area contributed by atoms with Crippen LogP contribution < -0.4 is 5.32 Å². The van der Waals surface area contributed by atoms with Crippen molar-refractivity contribution < 1.29 is 14.5 Å². The van der Waals surface area contributed by atoms with Gasteiger partial charge in [-0.05, 0) is 17.7 Å². The number of rotatable bonds is 9. The van der Waals surface area contributed by atoms with Gasteiger partial charge in [0.25, 0.3) is 11.6 Å². The van der Waals surface area contributed by atoms with E-state index in [-0.39, 0.29) is 24.3 Å². The van der Waals surface area contributed by atoms with Gasteiger partial charge in [-0.3, -0.25) is 14.9 Å². The number of hydrogen-bond donors (Lipinski definition) is 1. The van der Waals surface area contributed by atoms with Crippen LogP contribution in [0, 0.1) is 21.4 Å². The third-order valence-corrected chi connectivity index (χ3v) is 3.83. The van der Waals surface area contributed by atoms with Crippen molar-refractivity contribution in [3.63, 3.8) is 0 Å². The lowest BCUT2D eigenvalue weighted by Gasteiger charge is -2.20. The first-order chi connectivity index (χ1) is 13.1. The Hall–Kier alpha value is -3.44. The van der Waals surface area contributed by atoms with Crippen LogP contribution in [-0.2, 0) is 11.3 Å². The quantitative estimate of drug-likeness (QED) is 0.315. The van der Waals surface area contributed by atoms with Gasteiger partial charge in [0.05, 0.1) is 17.6 Å². The van der Waals surface area contributed by atoms with Gasteiger partial charge in [0.1, 0.15) is 12.2 Å². The largest absolute Gasteiger partial charge is 0.383 e. The molecule has 1 N–H and O–H groups in total. The van der Waals surface area contributed by atoms with Crippen LogP contribution in [0.1, 0.15) is 15.9 Å². The van der Waals surface area contributed by atoms with Crippen LogP contribution >= 0.6 is 0 Å². The summed E-state index contributed by atoms with van der Waals surface area (Å²) in [6.45, 7) is 0.925. The Kier molecular flexibility index (Phi) is 7.28. The molecule has 0 bridgehead atoms. The number of nitro benzene ring substituents is 1. The van der Waals surface area contributed by atoms with Gasteiger partial charge in [0.2, 0.25) is 0 Å². The van der Waals surface area contributed by atoms with E-state index >= 15 is 0 Å². The Bertz CT molecular complexity index is 833. The first-order valence-corrected chi connectivity index (χ1v) is 8.28. The van der Waals surface area contributed by atoms with E-state index in [0.717, 1.165) is 5.56 Å². The van der Waals surface area contributed by atoms with E-state index in [2.05, 4.69) is 5.32 Å². The average Bonchev–Trinajstić information content (AvgIpc) is 2.68. The van der Waals surface area contributed by atoms with Crippen molar-refractivity contribution in [2.24, 2.45) is 0 Å². The Balaban J connectivity index is 2.25. The predicted molar refractivity (Wildman–Crippen MR) is 100 cm³/mol. The molecule has 0 fully saturated rings. The van der Waals surface area contributed by atoms with Crippen molar-refractivity contribution in [3.05, 3.63) is 69.8 Å². The molecule has 8 nitrogen and oxygen atoms in total. The van der Waals surface area contributed by atoms with Gasteiger partial charge in [-0.15, -0.1) is 0 Å². The molecule has 2 aromatic carbocycles. The molecule has 0 saturated heterocycles. The van der Waals surface area contributed by atoms with Crippen molar-refractivity contribution in [3.8, 4) is 6.07 Å². The van der Waals surface area contributed by atoms with Crippen molar-refractivity contribution in [2.45, 2.75) is 6.54 Å². The lowest BCUT2D eigenvalue weighted by molar-refractivity contribution is -0.384. The van der Waals surface area contributed by atoms with Crippen LogP contribution in [0.25, 0.3) is 0 Å². The Morgan fingerprint density at radius 3 is 2.67 bits per heavy atom. The zero-order valence-electron chi connectivity index (χ0n) is 14.9. The maximum atomic E-state index is 12.8. The normalized spacial score (nSPS) is 10.1. The van der Waals surface area contributed by atoms with Gasteiger partial charge in [0, 0.05) is 31.8 Å². The second-order valence-corrected chi connectivity index (χ2v) is 5.71. The minimum Gasteiger partial charge on any atom is -0.383 e. The molecule has 140 valence electrons. The molecule has 0 heterocycles. The molecule has 2 rings (SSSR count). The SMILES string of the molecule is COCCNc1ccc(C(=O)N(CC#N)Cc2ccccc2)cc1[N+](=O)[O-]. The van der Waals surface area contributed by atoms with E-state index in [4.69, 9.17) is 10.00 Å². The second kappa shape index (κ2) is 9.89. The molecule has 8 heteroatoms. The smallest absolute Gasteiger partial charge is 0.293 e. The van der Waals surface area contributed by atoms with Gasteiger partial charge in [0.15, 0.2) is 0 Å². The maximum Gasteiger partial charge on any atom is 0.293 e. The standard InChI is InChI=1S/C19H20N4O4/c1-27-12-10-21-17-8-7-16(13-18(17)23(25)26)19(24)22(11-9-20)14-15-5-3-2-4-6-15/h2-8,13,21H,10-12,14H2,1H3. The van der Waals surface area contributed by atoms with E-state index in [9.17, 15) is 14.9 Å². The molecule has 2 aromatic rings. The van der Waals surface area contributed by atoms with Crippen LogP contribution in [-0.4, -0.2) is 42.5 Å². The number of carbonyl (C=O) groups is 1. The first-order valence-electron chi connectivity index (χ1n) is 8.28. The molecular formula is C19H20N4O4. The summed E-state index contributed by atoms with van der Waals surface area (Å²) in [5.74, 6) is -0.438. The van der Waals surface area contributed by atoms with Gasteiger partial charge >= 0.3 is 0 Å². The lowest BCUT2D eigenvalue weighted by Crippen LogP contribution is -2.31. The van der Waals surface area contributed by atoms with Crippen LogP contribution in [0.5, 0.6) is 0 Å². The van der Waals surface area contributed by atoms with Crippen LogP contribution in [0.2, 0.25) is 0 Å². The second-order valence-electron chi connectivity index (χ2n) is 5.71. The minimum absolute atomic E-state index is 0.116. The highest BCUT2D eigenvalue weighted by atomic mass is 16.6. The molecule has 0 aliphatic heterocycles. The third-order valence-electron chi connectivity index (χ3n) is 3.83. The molecule has 0 saturated carbocycles. The lowest BCUT2D eigenvalue weighted by atomic mass is 10.1. The number of hydrogen-bond acceptors (Lipinski definition) is 6. The fourth-order valence-electron chi connectivity index (χ4n) is 2.52. The molecule has 0 unspecified atom stereocenters. The maximum absolute atomic E-state index is 12.8.